The second-order valence-corrected chi connectivity index (χ2v) is 8.11. The fourth-order valence-corrected chi connectivity index (χ4v) is 5.53. The van der Waals surface area contributed by atoms with Gasteiger partial charge in [-0.05, 0) is 46.6 Å². The van der Waals surface area contributed by atoms with E-state index < -0.39 is 8.80 Å². The van der Waals surface area contributed by atoms with Gasteiger partial charge in [-0.2, -0.15) is 0 Å². The SMILES string of the molecule is CCO[Si](CCCNC1CCCCC1)(OCC)OCC. The van der Waals surface area contributed by atoms with Crippen LogP contribution in [0.3, 0.4) is 0 Å². The van der Waals surface area contributed by atoms with E-state index in [1.807, 2.05) is 20.8 Å². The van der Waals surface area contributed by atoms with Crippen LogP contribution in [0.4, 0.5) is 0 Å². The van der Waals surface area contributed by atoms with Gasteiger partial charge in [0.25, 0.3) is 0 Å². The minimum atomic E-state index is -2.42. The Labute approximate surface area is 125 Å². The molecule has 20 heavy (non-hydrogen) atoms. The maximum Gasteiger partial charge on any atom is 0.500 e. The molecular formula is C15H33NO3Si. The molecule has 0 aromatic rings. The second-order valence-electron chi connectivity index (χ2n) is 5.37. The highest BCUT2D eigenvalue weighted by Crippen LogP contribution is 2.19. The topological polar surface area (TPSA) is 39.7 Å². The Kier molecular flexibility index (Phi) is 9.72. The van der Waals surface area contributed by atoms with Crippen molar-refractivity contribution in [3.63, 3.8) is 0 Å². The maximum atomic E-state index is 5.87. The molecule has 1 fully saturated rings. The van der Waals surface area contributed by atoms with Crippen molar-refractivity contribution in [2.24, 2.45) is 0 Å². The first-order chi connectivity index (χ1) is 9.76. The number of hydrogen-bond donors (Lipinski definition) is 1. The monoisotopic (exact) mass is 303 g/mol. The van der Waals surface area contributed by atoms with Gasteiger partial charge in [0, 0.05) is 31.9 Å². The van der Waals surface area contributed by atoms with Gasteiger partial charge in [0.1, 0.15) is 0 Å². The van der Waals surface area contributed by atoms with E-state index in [1.165, 1.54) is 32.1 Å². The summed E-state index contributed by atoms with van der Waals surface area (Å²) in [5.74, 6) is 0. The van der Waals surface area contributed by atoms with E-state index in [9.17, 15) is 0 Å². The molecule has 120 valence electrons. The quantitative estimate of drug-likeness (QED) is 0.469. The molecular weight excluding hydrogens is 270 g/mol. The molecule has 1 aliphatic rings. The van der Waals surface area contributed by atoms with Gasteiger partial charge in [0.2, 0.25) is 0 Å². The average molecular weight is 304 g/mol. The Balaban J connectivity index is 2.28. The van der Waals surface area contributed by atoms with Gasteiger partial charge in [0.15, 0.2) is 0 Å². The summed E-state index contributed by atoms with van der Waals surface area (Å²) in [6.07, 6.45) is 7.92. The lowest BCUT2D eigenvalue weighted by molar-refractivity contribution is 0.0707. The Bertz CT molecular complexity index is 218. The first kappa shape index (κ1) is 18.1. The predicted octanol–water partition coefficient (Wildman–Crippen LogP) is 3.35. The first-order valence-corrected chi connectivity index (χ1v) is 10.3. The molecule has 0 radical (unpaired) electrons. The van der Waals surface area contributed by atoms with Crippen LogP contribution >= 0.6 is 0 Å². The van der Waals surface area contributed by atoms with Crippen molar-refractivity contribution in [1.29, 1.82) is 0 Å². The van der Waals surface area contributed by atoms with Gasteiger partial charge in [-0.3, -0.25) is 0 Å². The van der Waals surface area contributed by atoms with E-state index in [0.717, 1.165) is 25.1 Å². The number of hydrogen-bond acceptors (Lipinski definition) is 4. The molecule has 0 bridgehead atoms. The largest absolute Gasteiger partial charge is 0.500 e. The van der Waals surface area contributed by atoms with E-state index in [1.54, 1.807) is 0 Å². The highest BCUT2D eigenvalue weighted by molar-refractivity contribution is 6.60. The Morgan fingerprint density at radius 1 is 0.900 bits per heavy atom. The summed E-state index contributed by atoms with van der Waals surface area (Å²) in [4.78, 5) is 0. The standard InChI is InChI=1S/C15H33NO3Si/c1-4-17-20(18-5-2,19-6-3)14-10-13-16-15-11-8-7-9-12-15/h15-16H,4-14H2,1-3H3. The minimum absolute atomic E-state index is 0.669. The lowest BCUT2D eigenvalue weighted by Gasteiger charge is -2.29. The molecule has 0 saturated heterocycles. The normalized spacial score (nSPS) is 17.6. The molecule has 0 aliphatic heterocycles. The van der Waals surface area contributed by atoms with Gasteiger partial charge in [-0.15, -0.1) is 0 Å². The molecule has 0 heterocycles. The van der Waals surface area contributed by atoms with Gasteiger partial charge in [-0.1, -0.05) is 19.3 Å². The van der Waals surface area contributed by atoms with Gasteiger partial charge >= 0.3 is 8.80 Å². The molecule has 1 rings (SSSR count). The van der Waals surface area contributed by atoms with Gasteiger partial charge < -0.3 is 18.6 Å². The predicted molar refractivity (Wildman–Crippen MR) is 84.9 cm³/mol. The lowest BCUT2D eigenvalue weighted by Crippen LogP contribution is -2.46. The van der Waals surface area contributed by atoms with Crippen LogP contribution in [-0.2, 0) is 13.3 Å². The van der Waals surface area contributed by atoms with Gasteiger partial charge in [-0.25, -0.2) is 0 Å². The zero-order valence-corrected chi connectivity index (χ0v) is 14.6. The van der Waals surface area contributed by atoms with Crippen LogP contribution in [0.5, 0.6) is 0 Å². The summed E-state index contributed by atoms with van der Waals surface area (Å²) in [6.45, 7) is 9.10. The summed E-state index contributed by atoms with van der Waals surface area (Å²) in [5.41, 5.74) is 0. The lowest BCUT2D eigenvalue weighted by atomic mass is 9.95. The van der Waals surface area contributed by atoms with Crippen LogP contribution in [0.15, 0.2) is 0 Å². The number of nitrogens with one attached hydrogen (secondary N) is 1. The molecule has 0 atom stereocenters. The number of rotatable bonds is 11. The van der Waals surface area contributed by atoms with Crippen molar-refractivity contribution >= 4 is 8.80 Å². The molecule has 1 saturated carbocycles. The summed E-state index contributed by atoms with van der Waals surface area (Å²) in [6, 6.07) is 1.65. The first-order valence-electron chi connectivity index (χ1n) is 8.41. The van der Waals surface area contributed by atoms with Crippen LogP contribution in [0.25, 0.3) is 0 Å². The van der Waals surface area contributed by atoms with E-state index in [2.05, 4.69) is 5.32 Å². The fraction of sp³-hybridized carbons (Fsp3) is 1.00. The molecule has 0 unspecified atom stereocenters. The van der Waals surface area contributed by atoms with E-state index >= 15 is 0 Å². The molecule has 5 heteroatoms. The highest BCUT2D eigenvalue weighted by Gasteiger charge is 2.39. The van der Waals surface area contributed by atoms with Crippen molar-refractivity contribution in [3.8, 4) is 0 Å². The Morgan fingerprint density at radius 2 is 1.45 bits per heavy atom. The van der Waals surface area contributed by atoms with Gasteiger partial charge in [0.05, 0.1) is 0 Å². The Hall–Kier alpha value is 0.0569. The van der Waals surface area contributed by atoms with E-state index in [0.29, 0.717) is 19.8 Å². The summed E-state index contributed by atoms with van der Waals surface area (Å²) < 4.78 is 17.6. The third kappa shape index (κ3) is 6.67. The van der Waals surface area contributed by atoms with Crippen molar-refractivity contribution in [1.82, 2.24) is 5.32 Å². The van der Waals surface area contributed by atoms with Crippen molar-refractivity contribution < 1.29 is 13.3 Å². The van der Waals surface area contributed by atoms with Crippen LogP contribution in [0.2, 0.25) is 6.04 Å². The van der Waals surface area contributed by atoms with Crippen LogP contribution < -0.4 is 5.32 Å². The van der Waals surface area contributed by atoms with Crippen LogP contribution in [0.1, 0.15) is 59.3 Å². The summed E-state index contributed by atoms with van der Waals surface area (Å²) in [5, 5.41) is 3.68. The van der Waals surface area contributed by atoms with E-state index in [4.69, 9.17) is 13.3 Å². The third-order valence-electron chi connectivity index (χ3n) is 3.79. The van der Waals surface area contributed by atoms with Crippen molar-refractivity contribution in [2.45, 2.75) is 71.4 Å². The third-order valence-corrected chi connectivity index (χ3v) is 6.94. The Morgan fingerprint density at radius 3 is 1.95 bits per heavy atom. The molecule has 0 spiro atoms. The smallest absolute Gasteiger partial charge is 0.374 e. The molecule has 0 aromatic carbocycles. The van der Waals surface area contributed by atoms with Crippen molar-refractivity contribution in [3.05, 3.63) is 0 Å². The molecule has 0 aromatic heterocycles. The van der Waals surface area contributed by atoms with E-state index in [-0.39, 0.29) is 0 Å². The van der Waals surface area contributed by atoms with Crippen LogP contribution in [-0.4, -0.2) is 41.2 Å². The van der Waals surface area contributed by atoms with Crippen molar-refractivity contribution in [2.75, 3.05) is 26.4 Å². The summed E-state index contributed by atoms with van der Waals surface area (Å²) in [7, 11) is -2.42. The average Bonchev–Trinajstić information content (AvgIpc) is 2.46. The second kappa shape index (κ2) is 10.7. The molecule has 1 N–H and O–H groups in total. The zero-order chi connectivity index (χ0) is 14.7. The molecule has 0 amide bonds. The highest BCUT2D eigenvalue weighted by atomic mass is 28.4. The molecule has 1 aliphatic carbocycles. The minimum Gasteiger partial charge on any atom is -0.374 e. The summed E-state index contributed by atoms with van der Waals surface area (Å²) >= 11 is 0. The fourth-order valence-electron chi connectivity index (χ4n) is 2.92. The zero-order valence-electron chi connectivity index (χ0n) is 13.6. The van der Waals surface area contributed by atoms with Crippen LogP contribution in [0, 0.1) is 0 Å². The maximum absolute atomic E-state index is 5.87. The molecule has 4 nitrogen and oxygen atoms in total.